The third kappa shape index (κ3) is 2.21. The molecule has 6 heteroatoms. The molecule has 0 aromatic carbocycles. The minimum Gasteiger partial charge on any atom is -0.381 e. The number of hydrogen-bond donors (Lipinski definition) is 0. The number of fused-ring (bicyclic) bond motifs is 5. The van der Waals surface area contributed by atoms with Crippen LogP contribution in [0.15, 0.2) is 36.7 Å². The van der Waals surface area contributed by atoms with E-state index in [1.54, 1.807) is 0 Å². The molecule has 2 aliphatic carbocycles. The van der Waals surface area contributed by atoms with E-state index < -0.39 is 0 Å². The summed E-state index contributed by atoms with van der Waals surface area (Å²) in [5, 5.41) is 0. The minimum atomic E-state index is -0.141. The summed E-state index contributed by atoms with van der Waals surface area (Å²) in [6.45, 7) is 4.24. The van der Waals surface area contributed by atoms with Crippen LogP contribution in [-0.4, -0.2) is 53.2 Å². The smallest absolute Gasteiger partial charge is 0.226 e. The maximum absolute atomic E-state index is 13.3. The van der Waals surface area contributed by atoms with Crippen molar-refractivity contribution in [2.45, 2.75) is 24.8 Å². The predicted molar refractivity (Wildman–Crippen MR) is 108 cm³/mol. The minimum absolute atomic E-state index is 0.141. The highest BCUT2D eigenvalue weighted by molar-refractivity contribution is 5.83. The van der Waals surface area contributed by atoms with Crippen LogP contribution >= 0.6 is 0 Å². The molecule has 1 amide bonds. The molecule has 0 N–H and O–H groups in total. The number of pyridine rings is 1. The van der Waals surface area contributed by atoms with Gasteiger partial charge in [0, 0.05) is 37.9 Å². The Morgan fingerprint density at radius 3 is 2.90 bits per heavy atom. The first-order chi connectivity index (χ1) is 14.3. The first kappa shape index (κ1) is 16.5. The molecule has 150 valence electrons. The van der Waals surface area contributed by atoms with Gasteiger partial charge in [0.2, 0.25) is 5.91 Å². The summed E-state index contributed by atoms with van der Waals surface area (Å²) in [6.07, 6.45) is 7.63. The summed E-state index contributed by atoms with van der Waals surface area (Å²) < 4.78 is 7.77. The molecule has 6 nitrogen and oxygen atoms in total. The summed E-state index contributed by atoms with van der Waals surface area (Å²) in [4.78, 5) is 22.8. The van der Waals surface area contributed by atoms with Crippen LogP contribution in [-0.2, 0) is 15.1 Å². The zero-order chi connectivity index (χ0) is 19.2. The zero-order valence-electron chi connectivity index (χ0n) is 16.5. The Bertz CT molecular complexity index is 988. The van der Waals surface area contributed by atoms with Crippen molar-refractivity contribution >= 4 is 11.6 Å². The SMILES string of the molecule is O=C(C1[C@H]2COC[C@@H]12)N1CCC2(C1)c1cccn1-c1ncccc1N2CC1CC1. The first-order valence-electron chi connectivity index (χ1n) is 11.0. The van der Waals surface area contributed by atoms with Crippen molar-refractivity contribution in [2.24, 2.45) is 23.7 Å². The van der Waals surface area contributed by atoms with E-state index in [1.165, 1.54) is 24.2 Å². The molecule has 2 aromatic heterocycles. The summed E-state index contributed by atoms with van der Waals surface area (Å²) in [5.41, 5.74) is 2.37. The van der Waals surface area contributed by atoms with Crippen LogP contribution in [0.2, 0.25) is 0 Å². The lowest BCUT2D eigenvalue weighted by Gasteiger charge is -2.47. The van der Waals surface area contributed by atoms with Crippen molar-refractivity contribution in [3.63, 3.8) is 0 Å². The summed E-state index contributed by atoms with van der Waals surface area (Å²) in [6, 6.07) is 8.63. The molecule has 1 spiro atoms. The van der Waals surface area contributed by atoms with E-state index in [1.807, 2.05) is 12.3 Å². The highest BCUT2D eigenvalue weighted by atomic mass is 16.5. The second-order valence-electron chi connectivity index (χ2n) is 9.60. The van der Waals surface area contributed by atoms with Crippen molar-refractivity contribution in [1.82, 2.24) is 14.5 Å². The fourth-order valence-corrected chi connectivity index (χ4v) is 6.16. The van der Waals surface area contributed by atoms with Crippen molar-refractivity contribution in [3.05, 3.63) is 42.4 Å². The Labute approximate surface area is 170 Å². The Kier molecular flexibility index (Phi) is 3.19. The molecule has 2 aromatic rings. The molecule has 2 saturated carbocycles. The van der Waals surface area contributed by atoms with Gasteiger partial charge in [-0.15, -0.1) is 0 Å². The lowest BCUT2D eigenvalue weighted by molar-refractivity contribution is -0.133. The van der Waals surface area contributed by atoms with Gasteiger partial charge >= 0.3 is 0 Å². The van der Waals surface area contributed by atoms with Gasteiger partial charge in [0.25, 0.3) is 0 Å². The third-order valence-corrected chi connectivity index (χ3v) is 7.96. The number of carbonyl (C=O) groups is 1. The molecule has 4 fully saturated rings. The van der Waals surface area contributed by atoms with E-state index in [0.717, 1.165) is 51.0 Å². The standard InChI is InChI=1S/C23H26N4O2/c28-22(20-16-12-29-13-17(16)20)25-10-7-23(14-25)19-4-2-9-26(19)21-18(3-1-8-24-21)27(23)11-15-5-6-15/h1-4,8-9,15-17,20H,5-7,10-14H2/t16-,17+,20?,23?. The van der Waals surface area contributed by atoms with Gasteiger partial charge in [0.15, 0.2) is 5.82 Å². The molecular weight excluding hydrogens is 364 g/mol. The van der Waals surface area contributed by atoms with Crippen molar-refractivity contribution in [2.75, 3.05) is 37.7 Å². The summed E-state index contributed by atoms with van der Waals surface area (Å²) in [5.74, 6) is 3.31. The Balaban J connectivity index is 1.28. The number of hydrogen-bond acceptors (Lipinski definition) is 4. The first-order valence-corrected chi connectivity index (χ1v) is 11.0. The number of aromatic nitrogens is 2. The van der Waals surface area contributed by atoms with E-state index in [2.05, 4.69) is 38.8 Å². The van der Waals surface area contributed by atoms with Gasteiger partial charge in [-0.2, -0.15) is 0 Å². The number of nitrogens with zero attached hydrogens (tertiary/aromatic N) is 4. The highest BCUT2D eigenvalue weighted by Gasteiger charge is 2.61. The third-order valence-electron chi connectivity index (χ3n) is 7.96. The number of rotatable bonds is 3. The van der Waals surface area contributed by atoms with Crippen LogP contribution in [0.25, 0.3) is 5.82 Å². The summed E-state index contributed by atoms with van der Waals surface area (Å²) >= 11 is 0. The summed E-state index contributed by atoms with van der Waals surface area (Å²) in [7, 11) is 0. The number of carbonyl (C=O) groups excluding carboxylic acids is 1. The number of ether oxygens (including phenoxy) is 1. The molecule has 2 unspecified atom stereocenters. The molecule has 5 heterocycles. The molecule has 3 aliphatic heterocycles. The fourth-order valence-electron chi connectivity index (χ4n) is 6.16. The second-order valence-corrected chi connectivity index (χ2v) is 9.60. The van der Waals surface area contributed by atoms with E-state index in [-0.39, 0.29) is 11.5 Å². The molecule has 0 radical (unpaired) electrons. The number of amides is 1. The van der Waals surface area contributed by atoms with E-state index in [0.29, 0.717) is 17.7 Å². The molecule has 29 heavy (non-hydrogen) atoms. The van der Waals surface area contributed by atoms with Gasteiger partial charge in [-0.3, -0.25) is 4.79 Å². The molecule has 2 saturated heterocycles. The van der Waals surface area contributed by atoms with E-state index in [9.17, 15) is 4.79 Å². The van der Waals surface area contributed by atoms with Gasteiger partial charge in [-0.1, -0.05) is 0 Å². The average Bonchev–Trinajstić information content (AvgIpc) is 3.44. The maximum Gasteiger partial charge on any atom is 0.226 e. The van der Waals surface area contributed by atoms with Gasteiger partial charge in [0.1, 0.15) is 5.54 Å². The monoisotopic (exact) mass is 390 g/mol. The Morgan fingerprint density at radius 1 is 1.21 bits per heavy atom. The molecule has 5 aliphatic rings. The maximum atomic E-state index is 13.3. The lowest BCUT2D eigenvalue weighted by Crippen LogP contribution is -2.53. The Morgan fingerprint density at radius 2 is 2.07 bits per heavy atom. The molecular formula is C23H26N4O2. The lowest BCUT2D eigenvalue weighted by atomic mass is 9.88. The average molecular weight is 390 g/mol. The van der Waals surface area contributed by atoms with E-state index >= 15 is 0 Å². The van der Waals surface area contributed by atoms with Crippen LogP contribution in [0.3, 0.4) is 0 Å². The highest BCUT2D eigenvalue weighted by Crippen LogP contribution is 2.54. The normalized spacial score (nSPS) is 34.3. The van der Waals surface area contributed by atoms with Crippen LogP contribution in [0.1, 0.15) is 25.0 Å². The molecule has 7 rings (SSSR count). The Hall–Kier alpha value is -2.34. The van der Waals surface area contributed by atoms with Crippen LogP contribution < -0.4 is 4.90 Å². The quantitative estimate of drug-likeness (QED) is 0.808. The van der Waals surface area contributed by atoms with Crippen molar-refractivity contribution < 1.29 is 9.53 Å². The van der Waals surface area contributed by atoms with Crippen molar-refractivity contribution in [1.29, 1.82) is 0 Å². The van der Waals surface area contributed by atoms with Gasteiger partial charge in [0.05, 0.1) is 24.6 Å². The van der Waals surface area contributed by atoms with Crippen LogP contribution in [0, 0.1) is 23.7 Å². The van der Waals surface area contributed by atoms with Gasteiger partial charge < -0.3 is 19.1 Å². The number of anilines is 1. The topological polar surface area (TPSA) is 50.6 Å². The van der Waals surface area contributed by atoms with Crippen LogP contribution in [0.4, 0.5) is 5.69 Å². The van der Waals surface area contributed by atoms with Crippen molar-refractivity contribution in [3.8, 4) is 5.82 Å². The molecule has 4 atom stereocenters. The fraction of sp³-hybridized carbons (Fsp3) is 0.565. The van der Waals surface area contributed by atoms with Gasteiger partial charge in [-0.05, 0) is 61.3 Å². The van der Waals surface area contributed by atoms with Crippen LogP contribution in [0.5, 0.6) is 0 Å². The second kappa shape index (κ2) is 5.63. The largest absolute Gasteiger partial charge is 0.381 e. The number of likely N-dealkylation sites (tertiary alicyclic amines) is 1. The zero-order valence-corrected chi connectivity index (χ0v) is 16.5. The van der Waals surface area contributed by atoms with E-state index in [4.69, 9.17) is 9.72 Å². The van der Waals surface area contributed by atoms with Gasteiger partial charge in [-0.25, -0.2) is 4.98 Å². The predicted octanol–water partition coefficient (Wildman–Crippen LogP) is 2.42. The molecule has 0 bridgehead atoms.